The van der Waals surface area contributed by atoms with E-state index in [4.69, 9.17) is 9.47 Å². The third-order valence-electron chi connectivity index (χ3n) is 7.14. The third-order valence-corrected chi connectivity index (χ3v) is 7.14. The van der Waals surface area contributed by atoms with Crippen LogP contribution in [0.4, 0.5) is 0 Å². The summed E-state index contributed by atoms with van der Waals surface area (Å²) in [7, 11) is 1.74. The van der Waals surface area contributed by atoms with Crippen LogP contribution in [0.15, 0.2) is 18.2 Å². The van der Waals surface area contributed by atoms with Crippen LogP contribution in [0.25, 0.3) is 10.9 Å². The molecule has 0 spiro atoms. The Labute approximate surface area is 142 Å². The Morgan fingerprint density at radius 1 is 1.33 bits per heavy atom. The first-order valence-corrected chi connectivity index (χ1v) is 9.39. The first kappa shape index (κ1) is 13.7. The maximum absolute atomic E-state index is 6.61. The zero-order chi connectivity index (χ0) is 16.0. The molecule has 1 saturated carbocycles. The molecule has 24 heavy (non-hydrogen) atoms. The van der Waals surface area contributed by atoms with Gasteiger partial charge in [0.1, 0.15) is 12.0 Å². The van der Waals surface area contributed by atoms with Crippen molar-refractivity contribution >= 4 is 10.9 Å². The summed E-state index contributed by atoms with van der Waals surface area (Å²) in [4.78, 5) is 6.49. The summed E-state index contributed by atoms with van der Waals surface area (Å²) in [6, 6.07) is 7.06. The van der Waals surface area contributed by atoms with Crippen LogP contribution in [0.3, 0.4) is 0 Å². The Balaban J connectivity index is 1.60. The van der Waals surface area contributed by atoms with Gasteiger partial charge < -0.3 is 14.5 Å². The highest BCUT2D eigenvalue weighted by molar-refractivity contribution is 5.87. The molecule has 1 aromatic carbocycles. The topological polar surface area (TPSA) is 37.5 Å². The molecule has 3 unspecified atom stereocenters. The maximum atomic E-state index is 6.61. The number of benzene rings is 1. The van der Waals surface area contributed by atoms with Crippen LogP contribution in [0.5, 0.6) is 5.75 Å². The predicted molar refractivity (Wildman–Crippen MR) is 92.2 cm³/mol. The maximum Gasteiger partial charge on any atom is 0.119 e. The molecule has 4 aliphatic heterocycles. The van der Waals surface area contributed by atoms with Crippen molar-refractivity contribution < 1.29 is 9.47 Å². The van der Waals surface area contributed by atoms with E-state index in [1.807, 2.05) is 0 Å². The second-order valence-corrected chi connectivity index (χ2v) is 8.07. The Bertz CT molecular complexity index is 828. The van der Waals surface area contributed by atoms with Crippen molar-refractivity contribution in [1.29, 1.82) is 0 Å². The molecular formula is C20H24N2O2. The molecule has 126 valence electrons. The molecule has 2 aromatic rings. The molecule has 1 aliphatic carbocycles. The number of nitrogens with one attached hydrogen (secondary N) is 1. The summed E-state index contributed by atoms with van der Waals surface area (Å²) in [5.74, 6) is 3.11. The SMILES string of the molecule is CC[C@H]1CC2C[C@H]3c4[nH]c5ccc(OC)cc5c4[C@H]4CN(C2O4)[C@@H]13. The molecule has 5 aliphatic rings. The van der Waals surface area contributed by atoms with Crippen LogP contribution in [-0.2, 0) is 4.74 Å². The van der Waals surface area contributed by atoms with Gasteiger partial charge in [0.15, 0.2) is 0 Å². The lowest BCUT2D eigenvalue weighted by Crippen LogP contribution is -2.59. The van der Waals surface area contributed by atoms with E-state index in [0.29, 0.717) is 24.1 Å². The fraction of sp³-hybridized carbons (Fsp3) is 0.600. The Morgan fingerprint density at radius 2 is 2.25 bits per heavy atom. The van der Waals surface area contributed by atoms with Crippen LogP contribution >= 0.6 is 0 Å². The highest BCUT2D eigenvalue weighted by Gasteiger charge is 2.59. The second kappa shape index (κ2) is 4.55. The van der Waals surface area contributed by atoms with Gasteiger partial charge in [0.25, 0.3) is 0 Å². The van der Waals surface area contributed by atoms with Gasteiger partial charge in [-0.3, -0.25) is 4.90 Å². The summed E-state index contributed by atoms with van der Waals surface area (Å²) in [5, 5.41) is 1.30. The average molecular weight is 324 g/mol. The van der Waals surface area contributed by atoms with Gasteiger partial charge in [-0.15, -0.1) is 0 Å². The monoisotopic (exact) mass is 324 g/mol. The minimum absolute atomic E-state index is 0.219. The van der Waals surface area contributed by atoms with E-state index >= 15 is 0 Å². The van der Waals surface area contributed by atoms with E-state index < -0.39 is 0 Å². The largest absolute Gasteiger partial charge is 0.497 e. The number of methoxy groups -OCH3 is 1. The van der Waals surface area contributed by atoms with Crippen LogP contribution in [-0.4, -0.2) is 35.8 Å². The highest BCUT2D eigenvalue weighted by atomic mass is 16.5. The van der Waals surface area contributed by atoms with Crippen LogP contribution < -0.4 is 4.74 Å². The van der Waals surface area contributed by atoms with E-state index in [0.717, 1.165) is 18.2 Å². The molecule has 4 heteroatoms. The molecule has 7 rings (SSSR count). The number of piperidine rings is 2. The molecular weight excluding hydrogens is 300 g/mol. The van der Waals surface area contributed by atoms with Gasteiger partial charge in [-0.25, -0.2) is 0 Å². The lowest BCUT2D eigenvalue weighted by atomic mass is 9.64. The Kier molecular flexibility index (Phi) is 2.61. The van der Waals surface area contributed by atoms with Crippen molar-refractivity contribution in [2.75, 3.05) is 13.7 Å². The van der Waals surface area contributed by atoms with E-state index in [-0.39, 0.29) is 6.10 Å². The van der Waals surface area contributed by atoms with Crippen LogP contribution in [0.1, 0.15) is 49.5 Å². The van der Waals surface area contributed by atoms with Crippen molar-refractivity contribution in [3.63, 3.8) is 0 Å². The van der Waals surface area contributed by atoms with Crippen molar-refractivity contribution in [3.05, 3.63) is 29.5 Å². The third kappa shape index (κ3) is 1.52. The first-order chi connectivity index (χ1) is 11.8. The number of nitrogens with zero attached hydrogens (tertiary/aromatic N) is 1. The van der Waals surface area contributed by atoms with E-state index in [1.54, 1.807) is 7.11 Å². The molecule has 0 radical (unpaired) electrons. The number of rotatable bonds is 2. The molecule has 1 N–H and O–H groups in total. The van der Waals surface area contributed by atoms with Gasteiger partial charge in [0.2, 0.25) is 0 Å². The number of fused-ring (bicyclic) bond motifs is 6. The molecule has 1 aromatic heterocycles. The standard InChI is InChI=1S/C20H24N2O2/c1-3-10-6-11-7-14-18-17(16-9-22(19(10)14)20(11)24-16)13-8-12(23-2)4-5-15(13)21-18/h4-5,8,10-11,14,16,19-21H,3,6-7,9H2,1-2H3/t10-,11?,14-,16+,19-,20?/m0/s1. The van der Waals surface area contributed by atoms with Gasteiger partial charge in [0, 0.05) is 40.7 Å². The highest BCUT2D eigenvalue weighted by Crippen LogP contribution is 2.59. The summed E-state index contributed by atoms with van der Waals surface area (Å²) in [6.45, 7) is 3.43. The lowest BCUT2D eigenvalue weighted by molar-refractivity contribution is -0.142. The summed E-state index contributed by atoms with van der Waals surface area (Å²) < 4.78 is 12.1. The quantitative estimate of drug-likeness (QED) is 0.913. The van der Waals surface area contributed by atoms with Crippen molar-refractivity contribution in [2.45, 2.75) is 50.5 Å². The van der Waals surface area contributed by atoms with Gasteiger partial charge in [-0.2, -0.15) is 0 Å². The number of aromatic amines is 1. The summed E-state index contributed by atoms with van der Waals surface area (Å²) >= 11 is 0. The Hall–Kier alpha value is -1.52. The van der Waals surface area contributed by atoms with Crippen molar-refractivity contribution in [2.24, 2.45) is 11.8 Å². The van der Waals surface area contributed by atoms with Crippen LogP contribution in [0.2, 0.25) is 0 Å². The van der Waals surface area contributed by atoms with Crippen molar-refractivity contribution in [1.82, 2.24) is 9.88 Å². The number of H-pyrrole nitrogens is 1. The Morgan fingerprint density at radius 3 is 3.08 bits per heavy atom. The predicted octanol–water partition coefficient (Wildman–Crippen LogP) is 3.79. The number of aromatic nitrogens is 1. The molecule has 4 nitrogen and oxygen atoms in total. The van der Waals surface area contributed by atoms with E-state index in [1.165, 1.54) is 41.4 Å². The van der Waals surface area contributed by atoms with Crippen LogP contribution in [0, 0.1) is 11.8 Å². The molecule has 7 atom stereocenters. The zero-order valence-electron chi connectivity index (χ0n) is 14.3. The molecule has 5 heterocycles. The van der Waals surface area contributed by atoms with Gasteiger partial charge in [-0.1, -0.05) is 13.3 Å². The lowest BCUT2D eigenvalue weighted by Gasteiger charge is -2.55. The molecule has 4 fully saturated rings. The first-order valence-electron chi connectivity index (χ1n) is 9.39. The molecule has 5 bridgehead atoms. The second-order valence-electron chi connectivity index (χ2n) is 8.07. The molecule has 0 amide bonds. The van der Waals surface area contributed by atoms with Gasteiger partial charge in [-0.05, 0) is 42.9 Å². The minimum atomic E-state index is 0.219. The van der Waals surface area contributed by atoms with Gasteiger partial charge >= 0.3 is 0 Å². The number of ether oxygens (including phenoxy) is 2. The van der Waals surface area contributed by atoms with E-state index in [9.17, 15) is 0 Å². The molecule has 3 saturated heterocycles. The zero-order valence-corrected chi connectivity index (χ0v) is 14.3. The van der Waals surface area contributed by atoms with E-state index in [2.05, 4.69) is 35.0 Å². The summed E-state index contributed by atoms with van der Waals surface area (Å²) in [5.41, 5.74) is 4.10. The van der Waals surface area contributed by atoms with Crippen molar-refractivity contribution in [3.8, 4) is 5.75 Å². The fourth-order valence-electron chi connectivity index (χ4n) is 6.25. The fourth-order valence-corrected chi connectivity index (χ4v) is 6.25. The number of hydrogen-bond donors (Lipinski definition) is 1. The van der Waals surface area contributed by atoms with Gasteiger partial charge in [0.05, 0.1) is 13.2 Å². The normalized spacial score (nSPS) is 41.7. The smallest absolute Gasteiger partial charge is 0.119 e. The summed E-state index contributed by atoms with van der Waals surface area (Å²) in [6.07, 6.45) is 4.51. The average Bonchev–Trinajstić information content (AvgIpc) is 3.19. The number of hydrogen-bond acceptors (Lipinski definition) is 3. The minimum Gasteiger partial charge on any atom is -0.497 e.